The van der Waals surface area contributed by atoms with Crippen molar-refractivity contribution in [2.75, 3.05) is 30.3 Å². The van der Waals surface area contributed by atoms with Gasteiger partial charge < -0.3 is 10.6 Å². The minimum Gasteiger partial charge on any atom is -0.379 e. The fraction of sp³-hybridized carbons (Fsp3) is 0.444. The number of carbonyl (C=O) groups excluding carboxylic acids is 1. The second-order valence-electron chi connectivity index (χ2n) is 6.15. The average Bonchev–Trinajstić information content (AvgIpc) is 2.97. The number of hydrogen-bond acceptors (Lipinski definition) is 5. The fourth-order valence-corrected chi connectivity index (χ4v) is 3.48. The summed E-state index contributed by atoms with van der Waals surface area (Å²) in [6, 6.07) is 7.84. The maximum Gasteiger partial charge on any atom is 0.238 e. The van der Waals surface area contributed by atoms with E-state index in [9.17, 15) is 4.79 Å². The summed E-state index contributed by atoms with van der Waals surface area (Å²) in [5.74, 6) is 0.0635. The van der Waals surface area contributed by atoms with Gasteiger partial charge in [0.1, 0.15) is 0 Å². The highest BCUT2D eigenvalue weighted by atomic mass is 32.1. The minimum atomic E-state index is 0.0635. The van der Waals surface area contributed by atoms with Gasteiger partial charge in [-0.05, 0) is 44.1 Å². The van der Waals surface area contributed by atoms with Gasteiger partial charge in [-0.15, -0.1) is 11.3 Å². The second-order valence-corrected chi connectivity index (χ2v) is 6.87. The molecule has 128 valence electrons. The number of carbonyl (C=O) groups is 1. The Morgan fingerprint density at radius 2 is 1.96 bits per heavy atom. The molecule has 1 fully saturated rings. The van der Waals surface area contributed by atoms with E-state index in [4.69, 9.17) is 0 Å². The SMILES string of the molecule is O=C(CN1CCCCCC1)Nc1cccc(NCc2cscn2)c1. The molecule has 0 unspecified atom stereocenters. The molecule has 3 rings (SSSR count). The van der Waals surface area contributed by atoms with Crippen LogP contribution in [0.1, 0.15) is 31.4 Å². The van der Waals surface area contributed by atoms with Crippen LogP contribution in [0.3, 0.4) is 0 Å². The molecule has 0 aliphatic carbocycles. The van der Waals surface area contributed by atoms with E-state index in [0.29, 0.717) is 13.1 Å². The highest BCUT2D eigenvalue weighted by Crippen LogP contribution is 2.16. The Hall–Kier alpha value is -1.92. The Kier molecular flexibility index (Phi) is 6.20. The molecule has 24 heavy (non-hydrogen) atoms. The van der Waals surface area contributed by atoms with E-state index in [2.05, 4.69) is 20.5 Å². The van der Waals surface area contributed by atoms with E-state index in [0.717, 1.165) is 30.2 Å². The van der Waals surface area contributed by atoms with Crippen molar-refractivity contribution < 1.29 is 4.79 Å². The Bertz CT molecular complexity index is 636. The summed E-state index contributed by atoms with van der Waals surface area (Å²) in [6.45, 7) is 3.23. The number of likely N-dealkylation sites (tertiary alicyclic amines) is 1. The van der Waals surface area contributed by atoms with Crippen LogP contribution in [-0.2, 0) is 11.3 Å². The summed E-state index contributed by atoms with van der Waals surface area (Å²) in [7, 11) is 0. The molecule has 5 nitrogen and oxygen atoms in total. The maximum absolute atomic E-state index is 12.3. The first-order valence-electron chi connectivity index (χ1n) is 8.53. The largest absolute Gasteiger partial charge is 0.379 e. The normalized spacial score (nSPS) is 15.7. The third-order valence-electron chi connectivity index (χ3n) is 4.17. The number of aromatic nitrogens is 1. The molecule has 2 aromatic rings. The molecule has 1 amide bonds. The van der Waals surface area contributed by atoms with Crippen LogP contribution in [0.5, 0.6) is 0 Å². The van der Waals surface area contributed by atoms with Crippen molar-refractivity contribution in [1.29, 1.82) is 0 Å². The summed E-state index contributed by atoms with van der Waals surface area (Å²) < 4.78 is 0. The van der Waals surface area contributed by atoms with Crippen LogP contribution >= 0.6 is 11.3 Å². The Labute approximate surface area is 147 Å². The lowest BCUT2D eigenvalue weighted by Gasteiger charge is -2.19. The van der Waals surface area contributed by atoms with E-state index in [1.54, 1.807) is 11.3 Å². The van der Waals surface area contributed by atoms with Crippen molar-refractivity contribution in [2.45, 2.75) is 32.2 Å². The van der Waals surface area contributed by atoms with Gasteiger partial charge in [-0.25, -0.2) is 4.98 Å². The monoisotopic (exact) mass is 344 g/mol. The van der Waals surface area contributed by atoms with Crippen LogP contribution in [-0.4, -0.2) is 35.4 Å². The van der Waals surface area contributed by atoms with Gasteiger partial charge in [-0.1, -0.05) is 18.9 Å². The molecule has 0 saturated carbocycles. The van der Waals surface area contributed by atoms with Gasteiger partial charge in [-0.3, -0.25) is 9.69 Å². The smallest absolute Gasteiger partial charge is 0.238 e. The molecule has 0 atom stereocenters. The first-order chi connectivity index (χ1) is 11.8. The lowest BCUT2D eigenvalue weighted by Crippen LogP contribution is -2.33. The summed E-state index contributed by atoms with van der Waals surface area (Å²) in [6.07, 6.45) is 4.96. The Balaban J connectivity index is 1.50. The van der Waals surface area contributed by atoms with Gasteiger partial charge in [0.05, 0.1) is 24.3 Å². The lowest BCUT2D eigenvalue weighted by atomic mass is 10.2. The third kappa shape index (κ3) is 5.32. The zero-order chi connectivity index (χ0) is 16.6. The van der Waals surface area contributed by atoms with E-state index >= 15 is 0 Å². The van der Waals surface area contributed by atoms with Crippen LogP contribution in [0.25, 0.3) is 0 Å². The number of amides is 1. The minimum absolute atomic E-state index is 0.0635. The number of hydrogen-bond donors (Lipinski definition) is 2. The summed E-state index contributed by atoms with van der Waals surface area (Å²) in [5, 5.41) is 8.37. The molecule has 1 aliphatic heterocycles. The number of anilines is 2. The lowest BCUT2D eigenvalue weighted by molar-refractivity contribution is -0.117. The fourth-order valence-electron chi connectivity index (χ4n) is 2.92. The number of nitrogens with one attached hydrogen (secondary N) is 2. The van der Waals surface area contributed by atoms with Gasteiger partial charge >= 0.3 is 0 Å². The van der Waals surface area contributed by atoms with Gasteiger partial charge in [0.25, 0.3) is 0 Å². The molecular formula is C18H24N4OS. The Morgan fingerprint density at radius 3 is 2.71 bits per heavy atom. The highest BCUT2D eigenvalue weighted by molar-refractivity contribution is 7.07. The number of rotatable bonds is 6. The van der Waals surface area contributed by atoms with Gasteiger partial charge in [0.2, 0.25) is 5.91 Å². The predicted molar refractivity (Wildman–Crippen MR) is 99.4 cm³/mol. The van der Waals surface area contributed by atoms with Crippen molar-refractivity contribution in [3.63, 3.8) is 0 Å². The standard InChI is InChI=1S/C18H24N4OS/c23-18(12-22-8-3-1-2-4-9-22)21-16-7-5-6-15(10-16)19-11-17-13-24-14-20-17/h5-7,10,13-14,19H,1-4,8-9,11-12H2,(H,21,23). The molecule has 1 aromatic heterocycles. The van der Waals surface area contributed by atoms with Crippen molar-refractivity contribution in [3.05, 3.63) is 40.8 Å². The van der Waals surface area contributed by atoms with Crippen LogP contribution in [0.15, 0.2) is 35.2 Å². The van der Waals surface area contributed by atoms with E-state index in [1.165, 1.54) is 25.7 Å². The Morgan fingerprint density at radius 1 is 1.17 bits per heavy atom. The third-order valence-corrected chi connectivity index (χ3v) is 4.80. The van der Waals surface area contributed by atoms with Gasteiger partial charge in [0, 0.05) is 16.8 Å². The molecule has 2 N–H and O–H groups in total. The molecular weight excluding hydrogens is 320 g/mol. The van der Waals surface area contributed by atoms with Crippen molar-refractivity contribution in [3.8, 4) is 0 Å². The molecule has 1 aliphatic rings. The summed E-state index contributed by atoms with van der Waals surface area (Å²) in [4.78, 5) is 18.8. The second kappa shape index (κ2) is 8.80. The van der Waals surface area contributed by atoms with E-state index in [1.807, 2.05) is 35.2 Å². The first kappa shape index (κ1) is 16.9. The van der Waals surface area contributed by atoms with Crippen LogP contribution in [0, 0.1) is 0 Å². The highest BCUT2D eigenvalue weighted by Gasteiger charge is 2.13. The first-order valence-corrected chi connectivity index (χ1v) is 9.47. The van der Waals surface area contributed by atoms with Crippen LogP contribution in [0.2, 0.25) is 0 Å². The van der Waals surface area contributed by atoms with Crippen LogP contribution < -0.4 is 10.6 Å². The topological polar surface area (TPSA) is 57.3 Å². The number of thiazole rings is 1. The van der Waals surface area contributed by atoms with Gasteiger partial charge in [-0.2, -0.15) is 0 Å². The number of benzene rings is 1. The van der Waals surface area contributed by atoms with Gasteiger partial charge in [0.15, 0.2) is 0 Å². The molecule has 2 heterocycles. The quantitative estimate of drug-likeness (QED) is 0.841. The predicted octanol–water partition coefficient (Wildman–Crippen LogP) is 3.57. The van der Waals surface area contributed by atoms with Crippen molar-refractivity contribution in [1.82, 2.24) is 9.88 Å². The molecule has 0 bridgehead atoms. The van der Waals surface area contributed by atoms with E-state index in [-0.39, 0.29) is 5.91 Å². The molecule has 1 saturated heterocycles. The summed E-state index contributed by atoms with van der Waals surface area (Å²) >= 11 is 1.59. The molecule has 1 aromatic carbocycles. The number of nitrogens with zero attached hydrogens (tertiary/aromatic N) is 2. The zero-order valence-electron chi connectivity index (χ0n) is 13.8. The van der Waals surface area contributed by atoms with Crippen molar-refractivity contribution >= 4 is 28.6 Å². The molecule has 0 spiro atoms. The molecule has 6 heteroatoms. The maximum atomic E-state index is 12.3. The average molecular weight is 344 g/mol. The summed E-state index contributed by atoms with van der Waals surface area (Å²) in [5.41, 5.74) is 4.67. The van der Waals surface area contributed by atoms with Crippen molar-refractivity contribution in [2.24, 2.45) is 0 Å². The zero-order valence-corrected chi connectivity index (χ0v) is 14.6. The molecule has 0 radical (unpaired) electrons. The van der Waals surface area contributed by atoms with Crippen LogP contribution in [0.4, 0.5) is 11.4 Å². The van der Waals surface area contributed by atoms with E-state index < -0.39 is 0 Å².